The Hall–Kier alpha value is -0.740. The smallest absolute Gasteiger partial charge is 0.201 e. The second-order valence-electron chi connectivity index (χ2n) is 6.17. The van der Waals surface area contributed by atoms with Crippen LogP contribution in [0.1, 0.15) is 38.5 Å². The van der Waals surface area contributed by atoms with Gasteiger partial charge in [-0.3, -0.25) is 9.59 Å². The van der Waals surface area contributed by atoms with E-state index in [1.54, 1.807) is 0 Å². The molecular weight excluding hydrogens is 232 g/mol. The molecule has 2 saturated heterocycles. The van der Waals surface area contributed by atoms with Crippen molar-refractivity contribution in [3.8, 4) is 0 Å². The lowest BCUT2D eigenvalue weighted by molar-refractivity contribution is -0.142. The minimum Gasteiger partial charge on any atom is -0.370 e. The number of epoxide rings is 2. The summed E-state index contributed by atoms with van der Waals surface area (Å²) in [5, 5.41) is 0. The summed E-state index contributed by atoms with van der Waals surface area (Å²) < 4.78 is 10.8. The van der Waals surface area contributed by atoms with Gasteiger partial charge in [0.1, 0.15) is 0 Å². The first kappa shape index (κ1) is 11.1. The second kappa shape index (κ2) is 3.87. The number of ketones is 2. The van der Waals surface area contributed by atoms with Gasteiger partial charge in [0.2, 0.25) is 11.6 Å². The lowest BCUT2D eigenvalue weighted by Gasteiger charge is -2.21. The largest absolute Gasteiger partial charge is 0.370 e. The van der Waals surface area contributed by atoms with E-state index < -0.39 is 0 Å². The van der Waals surface area contributed by atoms with E-state index in [4.69, 9.17) is 9.47 Å². The molecule has 0 N–H and O–H groups in total. The van der Waals surface area contributed by atoms with Crippen LogP contribution in [0.25, 0.3) is 0 Å². The van der Waals surface area contributed by atoms with E-state index in [-0.39, 0.29) is 35.6 Å². The standard InChI is InChI=1S/C14H18O4/c15-13(7-1-3-9-11(5-7)17-9)14(16)8-2-4-10-12(6-8)18-10/h7-12H,1-6H2. The normalized spacial score (nSPS) is 48.9. The molecule has 0 aromatic rings. The third-order valence-corrected chi connectivity index (χ3v) is 4.99. The molecule has 0 aromatic carbocycles. The molecule has 0 radical (unpaired) electrons. The first-order chi connectivity index (χ1) is 8.72. The van der Waals surface area contributed by atoms with Gasteiger partial charge in [0, 0.05) is 11.8 Å². The zero-order chi connectivity index (χ0) is 12.3. The van der Waals surface area contributed by atoms with E-state index in [2.05, 4.69) is 0 Å². The molecule has 0 bridgehead atoms. The van der Waals surface area contributed by atoms with Gasteiger partial charge >= 0.3 is 0 Å². The van der Waals surface area contributed by atoms with Crippen LogP contribution in [0.5, 0.6) is 0 Å². The quantitative estimate of drug-likeness (QED) is 0.559. The summed E-state index contributed by atoms with van der Waals surface area (Å²) in [5.41, 5.74) is 0. The molecule has 6 atom stereocenters. The molecule has 0 spiro atoms. The van der Waals surface area contributed by atoms with Crippen LogP contribution in [-0.2, 0) is 19.1 Å². The Bertz CT molecular complexity index is 367. The highest BCUT2D eigenvalue weighted by Gasteiger charge is 2.49. The summed E-state index contributed by atoms with van der Waals surface area (Å²) in [6.07, 6.45) is 6.42. The van der Waals surface area contributed by atoms with Gasteiger partial charge in [0.25, 0.3) is 0 Å². The highest BCUT2D eigenvalue weighted by Crippen LogP contribution is 2.42. The predicted molar refractivity (Wildman–Crippen MR) is 62.0 cm³/mol. The lowest BCUT2D eigenvalue weighted by Crippen LogP contribution is -2.34. The van der Waals surface area contributed by atoms with E-state index >= 15 is 0 Å². The maximum atomic E-state index is 12.2. The molecule has 4 nitrogen and oxygen atoms in total. The molecule has 2 aliphatic heterocycles. The highest BCUT2D eigenvalue weighted by atomic mass is 16.6. The minimum absolute atomic E-state index is 0.0703. The molecule has 18 heavy (non-hydrogen) atoms. The number of hydrogen-bond acceptors (Lipinski definition) is 4. The van der Waals surface area contributed by atoms with Crippen LogP contribution >= 0.6 is 0 Å². The SMILES string of the molecule is O=C(C(=O)C1CCC2OC2C1)C1CCC2OC2C1. The van der Waals surface area contributed by atoms with Crippen LogP contribution in [0.4, 0.5) is 0 Å². The summed E-state index contributed by atoms with van der Waals surface area (Å²) in [6, 6.07) is 0. The highest BCUT2D eigenvalue weighted by molar-refractivity contribution is 6.38. The Morgan fingerprint density at radius 1 is 0.667 bits per heavy atom. The average Bonchev–Trinajstić information content (AvgIpc) is 3.27. The number of hydrogen-bond donors (Lipinski definition) is 0. The fourth-order valence-corrected chi connectivity index (χ4v) is 3.69. The van der Waals surface area contributed by atoms with Gasteiger partial charge in [-0.15, -0.1) is 0 Å². The van der Waals surface area contributed by atoms with Crippen molar-refractivity contribution in [3.05, 3.63) is 0 Å². The molecule has 0 amide bonds. The summed E-state index contributed by atoms with van der Waals surface area (Å²) >= 11 is 0. The van der Waals surface area contributed by atoms with Crippen molar-refractivity contribution in [2.24, 2.45) is 11.8 Å². The van der Waals surface area contributed by atoms with Crippen molar-refractivity contribution in [1.29, 1.82) is 0 Å². The number of carbonyl (C=O) groups excluding carboxylic acids is 2. The number of rotatable bonds is 3. The molecule has 4 aliphatic rings. The van der Waals surface area contributed by atoms with Crippen molar-refractivity contribution in [3.63, 3.8) is 0 Å². The van der Waals surface area contributed by atoms with Crippen molar-refractivity contribution < 1.29 is 19.1 Å². The van der Waals surface area contributed by atoms with Crippen molar-refractivity contribution in [2.75, 3.05) is 0 Å². The topological polar surface area (TPSA) is 59.2 Å². The van der Waals surface area contributed by atoms with Crippen molar-refractivity contribution in [2.45, 2.75) is 62.9 Å². The molecular formula is C14H18O4. The van der Waals surface area contributed by atoms with Crippen molar-refractivity contribution >= 4 is 11.6 Å². The van der Waals surface area contributed by atoms with Crippen LogP contribution in [-0.4, -0.2) is 36.0 Å². The van der Waals surface area contributed by atoms with Gasteiger partial charge in [0.05, 0.1) is 24.4 Å². The Morgan fingerprint density at radius 2 is 1.11 bits per heavy atom. The summed E-state index contributed by atoms with van der Waals surface area (Å²) in [5.74, 6) is -0.403. The van der Waals surface area contributed by atoms with Gasteiger partial charge < -0.3 is 9.47 Å². The van der Waals surface area contributed by atoms with Crippen LogP contribution in [0.2, 0.25) is 0 Å². The minimum atomic E-state index is -0.131. The number of ether oxygens (including phenoxy) is 2. The van der Waals surface area contributed by atoms with Crippen LogP contribution in [0.15, 0.2) is 0 Å². The molecule has 2 saturated carbocycles. The van der Waals surface area contributed by atoms with Gasteiger partial charge in [-0.05, 0) is 38.5 Å². The van der Waals surface area contributed by atoms with E-state index in [0.29, 0.717) is 12.2 Å². The number of fused-ring (bicyclic) bond motifs is 2. The summed E-state index contributed by atoms with van der Waals surface area (Å²) in [7, 11) is 0. The molecule has 98 valence electrons. The molecule has 0 aromatic heterocycles. The third kappa shape index (κ3) is 1.82. The molecule has 4 rings (SSSR count). The monoisotopic (exact) mass is 250 g/mol. The Balaban J connectivity index is 1.39. The average molecular weight is 250 g/mol. The van der Waals surface area contributed by atoms with Gasteiger partial charge in [-0.1, -0.05) is 0 Å². The van der Waals surface area contributed by atoms with E-state index in [9.17, 15) is 9.59 Å². The fourth-order valence-electron chi connectivity index (χ4n) is 3.69. The van der Waals surface area contributed by atoms with Crippen LogP contribution < -0.4 is 0 Å². The maximum Gasteiger partial charge on any atom is 0.201 e. The van der Waals surface area contributed by atoms with Crippen LogP contribution in [0.3, 0.4) is 0 Å². The van der Waals surface area contributed by atoms with Gasteiger partial charge in [-0.25, -0.2) is 0 Å². The Morgan fingerprint density at radius 3 is 1.50 bits per heavy atom. The second-order valence-corrected chi connectivity index (χ2v) is 6.17. The summed E-state index contributed by atoms with van der Waals surface area (Å²) in [6.45, 7) is 0. The van der Waals surface area contributed by atoms with Gasteiger partial charge in [0.15, 0.2) is 0 Å². The maximum absolute atomic E-state index is 12.2. The zero-order valence-corrected chi connectivity index (χ0v) is 10.3. The summed E-state index contributed by atoms with van der Waals surface area (Å²) in [4.78, 5) is 24.5. The first-order valence-electron chi connectivity index (χ1n) is 7.11. The molecule has 2 heterocycles. The predicted octanol–water partition coefficient (Wildman–Crippen LogP) is 1.26. The van der Waals surface area contributed by atoms with E-state index in [1.807, 2.05) is 0 Å². The molecule has 4 heteroatoms. The van der Waals surface area contributed by atoms with Crippen LogP contribution in [0, 0.1) is 11.8 Å². The first-order valence-corrected chi connectivity index (χ1v) is 7.11. The number of Topliss-reactive ketones (excluding diaryl/α,β-unsaturated/α-hetero) is 2. The third-order valence-electron chi connectivity index (χ3n) is 4.99. The Kier molecular flexibility index (Phi) is 2.39. The van der Waals surface area contributed by atoms with Crippen molar-refractivity contribution in [1.82, 2.24) is 0 Å². The lowest BCUT2D eigenvalue weighted by atomic mass is 9.78. The van der Waals surface area contributed by atoms with E-state index in [1.165, 1.54) is 0 Å². The fraction of sp³-hybridized carbons (Fsp3) is 0.857. The van der Waals surface area contributed by atoms with Gasteiger partial charge in [-0.2, -0.15) is 0 Å². The molecule has 2 aliphatic carbocycles. The Labute approximate surface area is 106 Å². The number of carbonyl (C=O) groups is 2. The molecule has 4 fully saturated rings. The van der Waals surface area contributed by atoms with E-state index in [0.717, 1.165) is 38.5 Å². The zero-order valence-electron chi connectivity index (χ0n) is 10.3. The molecule has 6 unspecified atom stereocenters.